The third-order valence-corrected chi connectivity index (χ3v) is 6.79. The molecule has 0 aliphatic carbocycles. The van der Waals surface area contributed by atoms with Crippen LogP contribution in [0, 0.1) is 6.92 Å². The van der Waals surface area contributed by atoms with Gasteiger partial charge in [-0.1, -0.05) is 6.42 Å². The van der Waals surface area contributed by atoms with Crippen LogP contribution in [0.25, 0.3) is 10.6 Å². The van der Waals surface area contributed by atoms with Crippen molar-refractivity contribution in [2.75, 3.05) is 24.6 Å². The first-order chi connectivity index (χ1) is 13.6. The highest BCUT2D eigenvalue weighted by atomic mass is 32.2. The molecule has 2 aromatic heterocycles. The molecule has 1 saturated heterocycles. The van der Waals surface area contributed by atoms with E-state index in [1.54, 1.807) is 13.8 Å². The van der Waals surface area contributed by atoms with Gasteiger partial charge in [-0.3, -0.25) is 5.01 Å². The van der Waals surface area contributed by atoms with Crippen molar-refractivity contribution in [1.29, 1.82) is 0 Å². The molecule has 3 rings (SSSR count). The van der Waals surface area contributed by atoms with Gasteiger partial charge in [-0.2, -0.15) is 25.9 Å². The number of rotatable bonds is 6. The number of piperidine rings is 1. The molecule has 8 nitrogen and oxygen atoms in total. The summed E-state index contributed by atoms with van der Waals surface area (Å²) in [6, 6.07) is 0. The van der Waals surface area contributed by atoms with Crippen molar-refractivity contribution in [3.63, 3.8) is 0 Å². The summed E-state index contributed by atoms with van der Waals surface area (Å²) in [4.78, 5) is 14.4. The zero-order valence-corrected chi connectivity index (χ0v) is 17.5. The van der Waals surface area contributed by atoms with Gasteiger partial charge in [-0.25, -0.2) is 15.0 Å². The first-order valence-electron chi connectivity index (χ1n) is 9.04. The Morgan fingerprint density at radius 3 is 2.45 bits per heavy atom. The van der Waals surface area contributed by atoms with E-state index >= 15 is 0 Å². The molecule has 1 aliphatic heterocycles. The Morgan fingerprint density at radius 2 is 1.90 bits per heavy atom. The monoisotopic (exact) mass is 450 g/mol. The van der Waals surface area contributed by atoms with Gasteiger partial charge in [0.2, 0.25) is 5.95 Å². The first-order valence-corrected chi connectivity index (χ1v) is 11.3. The fourth-order valence-corrected chi connectivity index (χ4v) is 5.04. The Kier molecular flexibility index (Phi) is 6.41. The Hall–Kier alpha value is -1.83. The smallest absolute Gasteiger partial charge is 0.262 e. The molecule has 0 aromatic carbocycles. The molecule has 0 bridgehead atoms. The van der Waals surface area contributed by atoms with Crippen LogP contribution in [0.5, 0.6) is 0 Å². The Morgan fingerprint density at radius 1 is 1.21 bits per heavy atom. The number of hydrogen-bond donors (Lipinski definition) is 1. The van der Waals surface area contributed by atoms with Crippen LogP contribution in [-0.2, 0) is 16.4 Å². The standard InChI is InChI=1S/C16H21F3N6O2S2/c1-3-25(23-29(26,27)24-7-5-4-6-8-24)15-21-9-12(16(17,18)19)14(22-15)13-10-20-11(2)28-13/h9-10,23H,3-8H2,1-2H3. The van der Waals surface area contributed by atoms with Crippen LogP contribution in [0.3, 0.4) is 0 Å². The Labute approximate surface area is 170 Å². The number of thiazole rings is 1. The molecule has 1 N–H and O–H groups in total. The summed E-state index contributed by atoms with van der Waals surface area (Å²) in [6.45, 7) is 4.24. The second-order valence-corrected chi connectivity index (χ2v) is 9.36. The van der Waals surface area contributed by atoms with Crippen molar-refractivity contribution >= 4 is 27.5 Å². The van der Waals surface area contributed by atoms with E-state index in [1.165, 1.54) is 10.5 Å². The topological polar surface area (TPSA) is 91.3 Å². The number of hydrazine groups is 1. The number of hydrogen-bond acceptors (Lipinski definition) is 7. The minimum absolute atomic E-state index is 0.125. The summed E-state index contributed by atoms with van der Waals surface area (Å²) in [5, 5.41) is 1.72. The maximum absolute atomic E-state index is 13.4. The second-order valence-electron chi connectivity index (χ2n) is 6.47. The van der Waals surface area contributed by atoms with E-state index < -0.39 is 21.9 Å². The summed E-state index contributed by atoms with van der Waals surface area (Å²) >= 11 is 1.07. The van der Waals surface area contributed by atoms with Crippen LogP contribution in [0.15, 0.2) is 12.4 Å². The van der Waals surface area contributed by atoms with E-state index in [9.17, 15) is 21.6 Å². The summed E-state index contributed by atoms with van der Waals surface area (Å²) in [5.41, 5.74) is -1.33. The van der Waals surface area contributed by atoms with E-state index in [-0.39, 0.29) is 23.1 Å². The van der Waals surface area contributed by atoms with Crippen molar-refractivity contribution in [1.82, 2.24) is 24.1 Å². The second kappa shape index (κ2) is 8.50. The molecule has 29 heavy (non-hydrogen) atoms. The molecular weight excluding hydrogens is 429 g/mol. The molecule has 0 radical (unpaired) electrons. The number of nitrogens with one attached hydrogen (secondary N) is 1. The third-order valence-electron chi connectivity index (χ3n) is 4.37. The largest absolute Gasteiger partial charge is 0.420 e. The maximum atomic E-state index is 13.4. The van der Waals surface area contributed by atoms with Crippen molar-refractivity contribution in [2.45, 2.75) is 39.3 Å². The lowest BCUT2D eigenvalue weighted by Crippen LogP contribution is -2.51. The van der Waals surface area contributed by atoms with Crippen LogP contribution >= 0.6 is 11.3 Å². The number of anilines is 1. The molecule has 1 aliphatic rings. The minimum atomic E-state index is -4.66. The third kappa shape index (κ3) is 5.02. The molecule has 0 atom stereocenters. The molecule has 0 amide bonds. The van der Waals surface area contributed by atoms with Crippen LogP contribution in [0.4, 0.5) is 19.1 Å². The summed E-state index contributed by atoms with van der Waals surface area (Å²) in [6.07, 6.45) is -0.184. The Bertz CT molecular complexity index is 958. The zero-order valence-electron chi connectivity index (χ0n) is 15.9. The molecule has 0 unspecified atom stereocenters. The van der Waals surface area contributed by atoms with Crippen molar-refractivity contribution in [2.24, 2.45) is 0 Å². The fourth-order valence-electron chi connectivity index (χ4n) is 2.92. The zero-order chi connectivity index (χ0) is 21.2. The number of nitrogens with zero attached hydrogens (tertiary/aromatic N) is 5. The van der Waals surface area contributed by atoms with Gasteiger partial charge in [-0.15, -0.1) is 16.2 Å². The number of aryl methyl sites for hydroxylation is 1. The van der Waals surface area contributed by atoms with Gasteiger partial charge >= 0.3 is 6.18 Å². The fraction of sp³-hybridized carbons (Fsp3) is 0.562. The molecule has 0 spiro atoms. The van der Waals surface area contributed by atoms with Gasteiger partial charge in [0.05, 0.1) is 15.6 Å². The quantitative estimate of drug-likeness (QED) is 0.681. The maximum Gasteiger partial charge on any atom is 0.420 e. The highest BCUT2D eigenvalue weighted by Crippen LogP contribution is 2.38. The van der Waals surface area contributed by atoms with Gasteiger partial charge < -0.3 is 0 Å². The highest BCUT2D eigenvalue weighted by molar-refractivity contribution is 7.87. The van der Waals surface area contributed by atoms with Crippen LogP contribution in [0.2, 0.25) is 0 Å². The predicted molar refractivity (Wildman–Crippen MR) is 103 cm³/mol. The van der Waals surface area contributed by atoms with E-state index in [0.717, 1.165) is 35.6 Å². The van der Waals surface area contributed by atoms with Gasteiger partial charge in [0.25, 0.3) is 10.2 Å². The minimum Gasteiger partial charge on any atom is -0.262 e. The van der Waals surface area contributed by atoms with Crippen LogP contribution < -0.4 is 9.84 Å². The van der Waals surface area contributed by atoms with Crippen LogP contribution in [0.1, 0.15) is 36.8 Å². The van der Waals surface area contributed by atoms with Gasteiger partial charge in [0, 0.05) is 32.0 Å². The van der Waals surface area contributed by atoms with E-state index in [0.29, 0.717) is 24.3 Å². The van der Waals surface area contributed by atoms with Gasteiger partial charge in [0.15, 0.2) is 0 Å². The van der Waals surface area contributed by atoms with Crippen molar-refractivity contribution < 1.29 is 21.6 Å². The summed E-state index contributed by atoms with van der Waals surface area (Å²) in [5.74, 6) is -0.165. The molecule has 13 heteroatoms. The molecular formula is C16H21F3N6O2S2. The number of aromatic nitrogens is 3. The van der Waals surface area contributed by atoms with Gasteiger partial charge in [0.1, 0.15) is 5.56 Å². The van der Waals surface area contributed by atoms with Crippen molar-refractivity contribution in [3.8, 4) is 10.6 Å². The van der Waals surface area contributed by atoms with E-state index in [1.807, 2.05) is 0 Å². The lowest BCUT2D eigenvalue weighted by molar-refractivity contribution is -0.137. The molecule has 3 heterocycles. The average molecular weight is 451 g/mol. The van der Waals surface area contributed by atoms with Crippen molar-refractivity contribution in [3.05, 3.63) is 23.0 Å². The van der Waals surface area contributed by atoms with E-state index in [2.05, 4.69) is 19.8 Å². The molecule has 160 valence electrons. The van der Waals surface area contributed by atoms with Crippen LogP contribution in [-0.4, -0.2) is 47.3 Å². The summed E-state index contributed by atoms with van der Waals surface area (Å²) in [7, 11) is -3.86. The highest BCUT2D eigenvalue weighted by Gasteiger charge is 2.36. The molecule has 1 fully saturated rings. The Balaban J connectivity index is 1.96. The van der Waals surface area contributed by atoms with E-state index in [4.69, 9.17) is 0 Å². The summed E-state index contributed by atoms with van der Waals surface area (Å²) < 4.78 is 66.9. The molecule has 0 saturated carbocycles. The SMILES string of the molecule is CCN(NS(=O)(=O)N1CCCCC1)c1ncc(C(F)(F)F)c(-c2cnc(C)s2)n1. The number of alkyl halides is 3. The normalized spacial score (nSPS) is 16.2. The number of halogens is 3. The molecule has 2 aromatic rings. The lowest BCUT2D eigenvalue weighted by atomic mass is 10.2. The predicted octanol–water partition coefficient (Wildman–Crippen LogP) is 2.99. The lowest BCUT2D eigenvalue weighted by Gasteiger charge is -2.29. The average Bonchev–Trinajstić information content (AvgIpc) is 3.12. The van der Waals surface area contributed by atoms with Gasteiger partial charge in [-0.05, 0) is 26.7 Å². The first kappa shape index (κ1) is 21.9.